The van der Waals surface area contributed by atoms with Crippen molar-refractivity contribution >= 4 is 27.2 Å². The molecule has 2 aromatic carbocycles. The van der Waals surface area contributed by atoms with E-state index in [9.17, 15) is 26.7 Å². The number of para-hydroxylation sites is 1. The van der Waals surface area contributed by atoms with Crippen molar-refractivity contribution < 1.29 is 26.7 Å². The molecule has 8 heteroatoms. The van der Waals surface area contributed by atoms with Crippen LogP contribution in [0.4, 0.5) is 27.6 Å². The summed E-state index contributed by atoms with van der Waals surface area (Å²) in [7, 11) is -1.83. The van der Waals surface area contributed by atoms with Crippen LogP contribution in [0.15, 0.2) is 29.3 Å². The molecule has 1 aliphatic heterocycles. The highest BCUT2D eigenvalue weighted by molar-refractivity contribution is 8.39. The molecular weight excluding hydrogens is 337 g/mol. The van der Waals surface area contributed by atoms with Gasteiger partial charge < -0.3 is 0 Å². The second-order valence-electron chi connectivity index (χ2n) is 4.74. The Labute approximate surface area is 130 Å². The van der Waals surface area contributed by atoms with Gasteiger partial charge in [0, 0.05) is 16.9 Å². The number of hydrogen-bond donors (Lipinski definition) is 1. The number of hydrogen-bond acceptors (Lipinski definition) is 2. The summed E-state index contributed by atoms with van der Waals surface area (Å²) in [6.45, 7) is 0. The van der Waals surface area contributed by atoms with E-state index < -0.39 is 56.4 Å². The van der Waals surface area contributed by atoms with Crippen LogP contribution in [0.25, 0.3) is 0 Å². The lowest BCUT2D eigenvalue weighted by atomic mass is 10.2. The molecule has 1 aliphatic rings. The van der Waals surface area contributed by atoms with Crippen molar-refractivity contribution in [2.75, 3.05) is 0 Å². The first-order valence-corrected chi connectivity index (χ1v) is 7.96. The number of carbonyl (C=O) groups is 1. The molecule has 0 spiro atoms. The van der Waals surface area contributed by atoms with E-state index in [0.29, 0.717) is 5.69 Å². The molecule has 0 bridgehead atoms. The summed E-state index contributed by atoms with van der Waals surface area (Å²) in [5, 5.41) is -0.422. The van der Waals surface area contributed by atoms with Gasteiger partial charge in [0.05, 0.1) is 11.3 Å². The van der Waals surface area contributed by atoms with Gasteiger partial charge in [-0.25, -0.2) is 22.0 Å². The maximum absolute atomic E-state index is 13.7. The normalized spacial score (nSPS) is 18.1. The largest absolute Gasteiger partial charge is 0.283 e. The summed E-state index contributed by atoms with van der Waals surface area (Å²) in [6.07, 6.45) is 0. The highest BCUT2D eigenvalue weighted by Crippen LogP contribution is 2.41. The molecule has 0 N–H and O–H groups in total. The SMILES string of the molecule is O=C1c2ccccc2N=C[SH]1Cc1c(F)c(F)c(F)c(F)c1F. The fourth-order valence-corrected chi connectivity index (χ4v) is 3.89. The minimum Gasteiger partial charge on any atom is -0.283 e. The van der Waals surface area contributed by atoms with Crippen LogP contribution < -0.4 is 0 Å². The molecule has 0 fully saturated rings. The number of carbonyl (C=O) groups excluding carboxylic acids is 1. The molecule has 120 valence electrons. The van der Waals surface area contributed by atoms with E-state index in [1.165, 1.54) is 11.6 Å². The van der Waals surface area contributed by atoms with E-state index in [1.54, 1.807) is 18.2 Å². The smallest absolute Gasteiger partial charge is 0.207 e. The van der Waals surface area contributed by atoms with Gasteiger partial charge in [0.15, 0.2) is 23.3 Å². The maximum Gasteiger partial charge on any atom is 0.207 e. The first-order chi connectivity index (χ1) is 10.9. The van der Waals surface area contributed by atoms with E-state index in [-0.39, 0.29) is 5.56 Å². The molecule has 0 saturated carbocycles. The van der Waals surface area contributed by atoms with Crippen LogP contribution in [0.5, 0.6) is 0 Å². The zero-order chi connectivity index (χ0) is 16.7. The van der Waals surface area contributed by atoms with Gasteiger partial charge >= 0.3 is 0 Å². The van der Waals surface area contributed by atoms with Crippen LogP contribution >= 0.6 is 10.9 Å². The molecule has 3 rings (SSSR count). The first-order valence-electron chi connectivity index (χ1n) is 6.36. The molecule has 2 nitrogen and oxygen atoms in total. The van der Waals surface area contributed by atoms with Gasteiger partial charge in [-0.3, -0.25) is 9.79 Å². The Balaban J connectivity index is 2.01. The number of rotatable bonds is 2. The number of nitrogens with zero attached hydrogens (tertiary/aromatic N) is 1. The lowest BCUT2D eigenvalue weighted by molar-refractivity contribution is 0.108. The number of aliphatic imine (C=N–C) groups is 1. The van der Waals surface area contributed by atoms with Crippen molar-refractivity contribution in [3.8, 4) is 0 Å². The van der Waals surface area contributed by atoms with E-state index in [4.69, 9.17) is 0 Å². The van der Waals surface area contributed by atoms with Gasteiger partial charge in [0.1, 0.15) is 0 Å². The molecule has 1 unspecified atom stereocenters. The molecular formula is C15H8F5NOS. The molecule has 23 heavy (non-hydrogen) atoms. The second kappa shape index (κ2) is 5.77. The van der Waals surface area contributed by atoms with Crippen molar-refractivity contribution in [3.05, 3.63) is 64.5 Å². The van der Waals surface area contributed by atoms with E-state index in [2.05, 4.69) is 4.99 Å². The topological polar surface area (TPSA) is 29.4 Å². The Hall–Kier alpha value is -2.22. The van der Waals surface area contributed by atoms with Gasteiger partial charge in [-0.15, -0.1) is 10.9 Å². The van der Waals surface area contributed by atoms with Crippen molar-refractivity contribution in [2.24, 2.45) is 4.99 Å². The summed E-state index contributed by atoms with van der Waals surface area (Å²) in [5.74, 6) is -10.7. The van der Waals surface area contributed by atoms with Crippen LogP contribution in [0.3, 0.4) is 0 Å². The monoisotopic (exact) mass is 345 g/mol. The summed E-state index contributed by atoms with van der Waals surface area (Å²) in [4.78, 5) is 16.3. The third-order valence-corrected chi connectivity index (χ3v) is 5.17. The number of fused-ring (bicyclic) bond motifs is 1. The van der Waals surface area contributed by atoms with Gasteiger partial charge in [-0.2, -0.15) is 0 Å². The Morgan fingerprint density at radius 2 is 1.43 bits per heavy atom. The zero-order valence-corrected chi connectivity index (χ0v) is 12.2. The standard InChI is InChI=1S/C15H8F5NOS/c16-10-8(11(17)13(19)14(20)12(10)18)5-23-6-21-9-4-2-1-3-7(9)15(23)22/h1-4,6,23H,5H2. The van der Waals surface area contributed by atoms with E-state index in [1.807, 2.05) is 0 Å². The van der Waals surface area contributed by atoms with Gasteiger partial charge in [-0.1, -0.05) is 12.1 Å². The van der Waals surface area contributed by atoms with Crippen LogP contribution in [0.1, 0.15) is 15.9 Å². The van der Waals surface area contributed by atoms with Crippen LogP contribution in [-0.2, 0) is 5.75 Å². The van der Waals surface area contributed by atoms with Crippen molar-refractivity contribution in [3.63, 3.8) is 0 Å². The second-order valence-corrected chi connectivity index (χ2v) is 6.64. The zero-order valence-electron chi connectivity index (χ0n) is 11.3. The molecule has 0 saturated heterocycles. The van der Waals surface area contributed by atoms with Gasteiger partial charge in [-0.05, 0) is 12.1 Å². The Morgan fingerprint density at radius 1 is 0.870 bits per heavy atom. The third-order valence-electron chi connectivity index (χ3n) is 3.36. The van der Waals surface area contributed by atoms with E-state index in [0.717, 1.165) is 0 Å². The highest BCUT2D eigenvalue weighted by atomic mass is 32.2. The molecule has 0 amide bonds. The van der Waals surface area contributed by atoms with Crippen molar-refractivity contribution in [1.82, 2.24) is 0 Å². The number of benzene rings is 2. The van der Waals surface area contributed by atoms with Gasteiger partial charge in [0.2, 0.25) is 10.9 Å². The highest BCUT2D eigenvalue weighted by Gasteiger charge is 2.29. The average molecular weight is 345 g/mol. The van der Waals surface area contributed by atoms with Crippen molar-refractivity contribution in [2.45, 2.75) is 5.75 Å². The Morgan fingerprint density at radius 3 is 2.09 bits per heavy atom. The fraction of sp³-hybridized carbons (Fsp3) is 0.0667. The number of thiol groups is 1. The van der Waals surface area contributed by atoms with E-state index >= 15 is 0 Å². The molecule has 1 heterocycles. The Kier molecular flexibility index (Phi) is 3.93. The number of halogens is 5. The molecule has 0 radical (unpaired) electrons. The van der Waals surface area contributed by atoms with Crippen LogP contribution in [-0.4, -0.2) is 10.7 Å². The van der Waals surface area contributed by atoms with Crippen molar-refractivity contribution in [1.29, 1.82) is 0 Å². The Bertz CT molecular complexity index is 823. The quantitative estimate of drug-likeness (QED) is 0.372. The summed E-state index contributed by atoms with van der Waals surface area (Å²) in [5.41, 5.74) is 0.906. The first kappa shape index (κ1) is 15.7. The van der Waals surface area contributed by atoms with Crippen LogP contribution in [0, 0.1) is 29.1 Å². The third kappa shape index (κ3) is 2.52. The molecule has 0 aromatic heterocycles. The predicted molar refractivity (Wildman–Crippen MR) is 77.8 cm³/mol. The lowest BCUT2D eigenvalue weighted by Crippen LogP contribution is -2.12. The summed E-state index contributed by atoms with van der Waals surface area (Å²) in [6, 6.07) is 6.36. The molecule has 1 atom stereocenters. The van der Waals surface area contributed by atoms with Crippen LogP contribution in [0.2, 0.25) is 0 Å². The predicted octanol–water partition coefficient (Wildman–Crippen LogP) is 4.40. The summed E-state index contributed by atoms with van der Waals surface area (Å²) < 4.78 is 66.9. The fourth-order valence-electron chi connectivity index (χ4n) is 2.18. The molecule has 0 aliphatic carbocycles. The minimum absolute atomic E-state index is 0.269. The average Bonchev–Trinajstić information content (AvgIpc) is 2.57. The lowest BCUT2D eigenvalue weighted by Gasteiger charge is -2.21. The minimum atomic E-state index is -2.22. The summed E-state index contributed by atoms with van der Waals surface area (Å²) >= 11 is 0. The molecule has 2 aromatic rings. The maximum atomic E-state index is 13.7. The van der Waals surface area contributed by atoms with Gasteiger partial charge in [0.25, 0.3) is 0 Å².